The van der Waals surface area contributed by atoms with Crippen molar-refractivity contribution in [1.82, 2.24) is 15.0 Å². The minimum absolute atomic E-state index is 0.418. The zero-order chi connectivity index (χ0) is 21.4. The number of aromatic nitrogens is 3. The predicted octanol–water partition coefficient (Wildman–Crippen LogP) is 2.87. The summed E-state index contributed by atoms with van der Waals surface area (Å²) in [5.74, 6) is -1.34. The number of H-pyrrole nitrogens is 2. The normalized spacial score (nSPS) is 10.4. The molecule has 5 N–H and O–H groups in total. The van der Waals surface area contributed by atoms with E-state index in [0.29, 0.717) is 0 Å². The summed E-state index contributed by atoms with van der Waals surface area (Å²) in [5, 5.41) is 9.41. The summed E-state index contributed by atoms with van der Waals surface area (Å²) >= 11 is 0. The molecular weight excluding hydrogens is 372 g/mol. The monoisotopic (exact) mass is 398 g/mol. The average molecular weight is 398 g/mol. The largest absolute Gasteiger partial charge is 0.477 e. The number of carbonyl (C=O) groups is 1. The lowest BCUT2D eigenvalue weighted by molar-refractivity contribution is 0.0689. The Labute approximate surface area is 167 Å². The van der Waals surface area contributed by atoms with E-state index in [1.807, 2.05) is 22.1 Å². The van der Waals surface area contributed by atoms with Crippen molar-refractivity contribution in [1.29, 1.82) is 0 Å². The zero-order valence-electron chi connectivity index (χ0n) is 16.6. The van der Waals surface area contributed by atoms with Crippen LogP contribution in [0.3, 0.4) is 0 Å². The number of pyridine rings is 1. The van der Waals surface area contributed by atoms with Crippen molar-refractivity contribution in [3.8, 4) is 0 Å². The molecule has 1 aromatic carbocycles. The highest BCUT2D eigenvalue weighted by molar-refractivity contribution is 5.92. The van der Waals surface area contributed by atoms with Gasteiger partial charge in [-0.25, -0.2) is 9.59 Å². The van der Waals surface area contributed by atoms with Crippen molar-refractivity contribution in [2.45, 2.75) is 46.0 Å². The number of para-hydroxylation sites is 1. The first-order valence-corrected chi connectivity index (χ1v) is 9.60. The number of carboxylic acids is 1. The SMILES string of the molecule is CCCCc1nc2ccccc2c(N)c1CCC.O=C(O)c1cc(=O)[nH]c(=O)[nH]1. The smallest absolute Gasteiger partial charge is 0.352 e. The highest BCUT2D eigenvalue weighted by Crippen LogP contribution is 2.27. The Morgan fingerprint density at radius 3 is 2.45 bits per heavy atom. The Hall–Kier alpha value is -3.42. The highest BCUT2D eigenvalue weighted by Gasteiger charge is 2.11. The van der Waals surface area contributed by atoms with Gasteiger partial charge >= 0.3 is 11.7 Å². The molecule has 2 heterocycles. The van der Waals surface area contributed by atoms with Gasteiger partial charge in [0, 0.05) is 22.8 Å². The quantitative estimate of drug-likeness (QED) is 0.503. The summed E-state index contributed by atoms with van der Waals surface area (Å²) in [6, 6.07) is 8.97. The molecule has 0 saturated heterocycles. The Kier molecular flexibility index (Phi) is 7.70. The van der Waals surface area contributed by atoms with Gasteiger partial charge in [0.2, 0.25) is 0 Å². The van der Waals surface area contributed by atoms with Crippen LogP contribution in [0.2, 0.25) is 0 Å². The molecule has 0 saturated carbocycles. The molecule has 0 aliphatic rings. The number of aryl methyl sites for hydroxylation is 1. The lowest BCUT2D eigenvalue weighted by atomic mass is 9.99. The second-order valence-corrected chi connectivity index (χ2v) is 6.63. The standard InChI is InChI=1S/C16H22N2.C5H4N2O4/c1-3-5-10-14-12(8-4-2)16(17)13-9-6-7-11-15(13)18-14;8-3-1-2(4(9)10)6-5(11)7-3/h6-7,9,11H,3-5,8,10H2,1-2H3,(H2,17,18);1H,(H,9,10)(H2,6,7,8,11). The molecule has 3 aromatic rings. The van der Waals surface area contributed by atoms with Gasteiger partial charge in [-0.3, -0.25) is 14.8 Å². The van der Waals surface area contributed by atoms with E-state index in [1.54, 1.807) is 0 Å². The summed E-state index contributed by atoms with van der Waals surface area (Å²) in [5.41, 5.74) is 8.80. The van der Waals surface area contributed by atoms with Crippen LogP contribution < -0.4 is 17.0 Å². The van der Waals surface area contributed by atoms with Crippen LogP contribution in [0, 0.1) is 0 Å². The molecule has 0 amide bonds. The number of nitrogen functional groups attached to an aromatic ring is 1. The van der Waals surface area contributed by atoms with Crippen LogP contribution in [0.25, 0.3) is 10.9 Å². The van der Waals surface area contributed by atoms with E-state index in [-0.39, 0.29) is 0 Å². The number of nitrogens with one attached hydrogen (secondary N) is 2. The van der Waals surface area contributed by atoms with Gasteiger partial charge in [0.1, 0.15) is 5.69 Å². The van der Waals surface area contributed by atoms with Gasteiger partial charge in [-0.05, 0) is 30.9 Å². The van der Waals surface area contributed by atoms with Crippen LogP contribution in [-0.4, -0.2) is 26.0 Å². The highest BCUT2D eigenvalue weighted by atomic mass is 16.4. The number of carboxylic acid groups (broad SMARTS) is 1. The van der Waals surface area contributed by atoms with E-state index < -0.39 is 22.9 Å². The van der Waals surface area contributed by atoms with Gasteiger partial charge in [-0.15, -0.1) is 0 Å². The van der Waals surface area contributed by atoms with Gasteiger partial charge in [-0.1, -0.05) is 44.9 Å². The van der Waals surface area contributed by atoms with Crippen molar-refractivity contribution in [3.05, 3.63) is 68.1 Å². The van der Waals surface area contributed by atoms with E-state index in [0.717, 1.165) is 41.9 Å². The molecule has 8 nitrogen and oxygen atoms in total. The fourth-order valence-electron chi connectivity index (χ4n) is 2.99. The molecular formula is C21H26N4O4. The molecule has 0 bridgehead atoms. The van der Waals surface area contributed by atoms with Crippen molar-refractivity contribution < 1.29 is 9.90 Å². The number of benzene rings is 1. The number of anilines is 1. The molecule has 154 valence electrons. The maximum absolute atomic E-state index is 10.5. The predicted molar refractivity (Wildman–Crippen MR) is 113 cm³/mol. The second-order valence-electron chi connectivity index (χ2n) is 6.63. The number of fused-ring (bicyclic) bond motifs is 1. The molecule has 0 aliphatic heterocycles. The molecule has 0 fully saturated rings. The van der Waals surface area contributed by atoms with Crippen LogP contribution in [0.5, 0.6) is 0 Å². The molecule has 0 aliphatic carbocycles. The number of nitrogens with zero attached hydrogens (tertiary/aromatic N) is 1. The van der Waals surface area contributed by atoms with Crippen molar-refractivity contribution in [2.75, 3.05) is 5.73 Å². The third-order valence-electron chi connectivity index (χ3n) is 4.38. The molecule has 0 atom stereocenters. The summed E-state index contributed by atoms with van der Waals surface area (Å²) in [4.78, 5) is 39.7. The first-order valence-electron chi connectivity index (χ1n) is 9.60. The molecule has 8 heteroatoms. The Bertz CT molecular complexity index is 1070. The number of unbranched alkanes of at least 4 members (excludes halogenated alkanes) is 1. The summed E-state index contributed by atoms with van der Waals surface area (Å²) in [6.45, 7) is 4.40. The van der Waals surface area contributed by atoms with Crippen LogP contribution in [0.15, 0.2) is 39.9 Å². The Morgan fingerprint density at radius 1 is 1.10 bits per heavy atom. The maximum Gasteiger partial charge on any atom is 0.352 e. The number of nitrogens with two attached hydrogens (primary N) is 1. The maximum atomic E-state index is 10.5. The topological polar surface area (TPSA) is 142 Å². The third kappa shape index (κ3) is 5.78. The Balaban J connectivity index is 0.000000234. The molecule has 0 unspecified atom stereocenters. The number of aromatic amines is 2. The van der Waals surface area contributed by atoms with Crippen LogP contribution in [0.4, 0.5) is 5.69 Å². The van der Waals surface area contributed by atoms with Gasteiger partial charge in [0.25, 0.3) is 5.56 Å². The van der Waals surface area contributed by atoms with Crippen molar-refractivity contribution in [3.63, 3.8) is 0 Å². The van der Waals surface area contributed by atoms with Crippen LogP contribution in [-0.2, 0) is 12.8 Å². The van der Waals surface area contributed by atoms with Crippen molar-refractivity contribution in [2.24, 2.45) is 0 Å². The van der Waals surface area contributed by atoms with Crippen LogP contribution in [0.1, 0.15) is 54.9 Å². The van der Waals surface area contributed by atoms with Gasteiger partial charge in [-0.2, -0.15) is 0 Å². The third-order valence-corrected chi connectivity index (χ3v) is 4.38. The molecule has 29 heavy (non-hydrogen) atoms. The number of hydrogen-bond donors (Lipinski definition) is 4. The average Bonchev–Trinajstić information content (AvgIpc) is 2.68. The number of aromatic carboxylic acids is 1. The van der Waals surface area contributed by atoms with Crippen LogP contribution >= 0.6 is 0 Å². The molecule has 0 radical (unpaired) electrons. The minimum atomic E-state index is -1.34. The van der Waals surface area contributed by atoms with Gasteiger partial charge in [0.05, 0.1) is 5.52 Å². The van der Waals surface area contributed by atoms with E-state index in [9.17, 15) is 14.4 Å². The lowest BCUT2D eigenvalue weighted by Crippen LogP contribution is -2.24. The molecule has 0 spiro atoms. The fraction of sp³-hybridized carbons (Fsp3) is 0.333. The number of hydrogen-bond acceptors (Lipinski definition) is 5. The molecule has 3 rings (SSSR count). The number of rotatable bonds is 6. The summed E-state index contributed by atoms with van der Waals surface area (Å²) in [6.07, 6.45) is 5.56. The van der Waals surface area contributed by atoms with E-state index in [1.165, 1.54) is 24.1 Å². The van der Waals surface area contributed by atoms with Gasteiger partial charge < -0.3 is 15.8 Å². The van der Waals surface area contributed by atoms with E-state index in [4.69, 9.17) is 15.8 Å². The Morgan fingerprint density at radius 2 is 1.83 bits per heavy atom. The second kappa shape index (κ2) is 10.2. The summed E-state index contributed by atoms with van der Waals surface area (Å²) < 4.78 is 0. The van der Waals surface area contributed by atoms with E-state index >= 15 is 0 Å². The summed E-state index contributed by atoms with van der Waals surface area (Å²) in [7, 11) is 0. The van der Waals surface area contributed by atoms with E-state index in [2.05, 4.69) is 26.0 Å². The first-order chi connectivity index (χ1) is 13.9. The molecule has 2 aromatic heterocycles. The van der Waals surface area contributed by atoms with Gasteiger partial charge in [0.15, 0.2) is 0 Å². The zero-order valence-corrected chi connectivity index (χ0v) is 16.6. The first kappa shape index (κ1) is 21.9. The lowest BCUT2D eigenvalue weighted by Gasteiger charge is -2.13. The van der Waals surface area contributed by atoms with Crippen molar-refractivity contribution >= 4 is 22.6 Å². The minimum Gasteiger partial charge on any atom is -0.477 e. The fourth-order valence-corrected chi connectivity index (χ4v) is 2.99.